The van der Waals surface area contributed by atoms with Crippen molar-refractivity contribution in [3.8, 4) is 5.75 Å². The van der Waals surface area contributed by atoms with Gasteiger partial charge in [-0.15, -0.1) is 0 Å². The quantitative estimate of drug-likeness (QED) is 0.853. The van der Waals surface area contributed by atoms with Gasteiger partial charge in [0, 0.05) is 7.05 Å². The first-order valence-electron chi connectivity index (χ1n) is 6.43. The van der Waals surface area contributed by atoms with Gasteiger partial charge in [0.05, 0.1) is 12.6 Å². The maximum Gasteiger partial charge on any atom is 0.239 e. The standard InChI is InChI=1S/C14H20N2O2/c1-16(14(17)13-8-5-9-15-13)10-11-18-12-6-3-2-4-7-12/h2-4,6-7,13,15H,5,8-11H2,1H3. The summed E-state index contributed by atoms with van der Waals surface area (Å²) in [5.74, 6) is 1.02. The molecule has 0 aromatic heterocycles. The van der Waals surface area contributed by atoms with E-state index in [1.807, 2.05) is 37.4 Å². The van der Waals surface area contributed by atoms with Crippen LogP contribution in [0, 0.1) is 0 Å². The van der Waals surface area contributed by atoms with Crippen LogP contribution in [0.3, 0.4) is 0 Å². The predicted octanol–water partition coefficient (Wildman–Crippen LogP) is 1.28. The third kappa shape index (κ3) is 3.47. The summed E-state index contributed by atoms with van der Waals surface area (Å²) in [5, 5.41) is 3.21. The number of para-hydroxylation sites is 1. The Hall–Kier alpha value is -1.55. The van der Waals surface area contributed by atoms with E-state index in [2.05, 4.69) is 5.32 Å². The molecule has 0 bridgehead atoms. The van der Waals surface area contributed by atoms with E-state index in [1.54, 1.807) is 4.90 Å². The van der Waals surface area contributed by atoms with Crippen molar-refractivity contribution in [3.63, 3.8) is 0 Å². The minimum atomic E-state index is 0.00623. The Morgan fingerprint density at radius 3 is 2.89 bits per heavy atom. The highest BCUT2D eigenvalue weighted by molar-refractivity contribution is 5.81. The molecule has 0 aliphatic carbocycles. The molecule has 0 spiro atoms. The zero-order chi connectivity index (χ0) is 12.8. The summed E-state index contributed by atoms with van der Waals surface area (Å²) in [6.45, 7) is 2.09. The molecule has 98 valence electrons. The molecule has 1 amide bonds. The molecule has 1 aliphatic heterocycles. The van der Waals surface area contributed by atoms with Crippen LogP contribution in [0.5, 0.6) is 5.75 Å². The maximum atomic E-state index is 12.0. The second-order valence-corrected chi connectivity index (χ2v) is 4.57. The van der Waals surface area contributed by atoms with Gasteiger partial charge in [-0.1, -0.05) is 18.2 Å². The molecule has 1 atom stereocenters. The molecule has 18 heavy (non-hydrogen) atoms. The number of benzene rings is 1. The average molecular weight is 248 g/mol. The number of carbonyl (C=O) groups is 1. The minimum Gasteiger partial charge on any atom is -0.492 e. The van der Waals surface area contributed by atoms with Gasteiger partial charge in [-0.2, -0.15) is 0 Å². The van der Waals surface area contributed by atoms with Crippen molar-refractivity contribution >= 4 is 5.91 Å². The molecule has 0 saturated carbocycles. The SMILES string of the molecule is CN(CCOc1ccccc1)C(=O)C1CCCN1. The summed E-state index contributed by atoms with van der Waals surface area (Å²) in [7, 11) is 1.83. The highest BCUT2D eigenvalue weighted by atomic mass is 16.5. The van der Waals surface area contributed by atoms with E-state index < -0.39 is 0 Å². The molecule has 1 unspecified atom stereocenters. The van der Waals surface area contributed by atoms with Gasteiger partial charge in [0.1, 0.15) is 12.4 Å². The van der Waals surface area contributed by atoms with Gasteiger partial charge in [-0.25, -0.2) is 0 Å². The van der Waals surface area contributed by atoms with Crippen molar-refractivity contribution in [1.29, 1.82) is 0 Å². The number of hydrogen-bond acceptors (Lipinski definition) is 3. The number of amides is 1. The minimum absolute atomic E-state index is 0.00623. The van der Waals surface area contributed by atoms with Gasteiger partial charge < -0.3 is 15.0 Å². The Morgan fingerprint density at radius 1 is 1.44 bits per heavy atom. The van der Waals surface area contributed by atoms with E-state index in [-0.39, 0.29) is 11.9 Å². The molecular formula is C14H20N2O2. The van der Waals surface area contributed by atoms with Gasteiger partial charge >= 0.3 is 0 Å². The van der Waals surface area contributed by atoms with E-state index in [9.17, 15) is 4.79 Å². The summed E-state index contributed by atoms with van der Waals surface area (Å²) in [5.41, 5.74) is 0. The Labute approximate surface area is 108 Å². The summed E-state index contributed by atoms with van der Waals surface area (Å²) >= 11 is 0. The molecule has 0 radical (unpaired) electrons. The molecule has 1 N–H and O–H groups in total. The number of nitrogens with one attached hydrogen (secondary N) is 1. The van der Waals surface area contributed by atoms with Crippen molar-refractivity contribution < 1.29 is 9.53 Å². The van der Waals surface area contributed by atoms with Crippen LogP contribution in [-0.4, -0.2) is 43.6 Å². The van der Waals surface area contributed by atoms with Crippen molar-refractivity contribution in [2.75, 3.05) is 26.7 Å². The highest BCUT2D eigenvalue weighted by Gasteiger charge is 2.24. The van der Waals surface area contributed by atoms with Gasteiger partial charge in [-0.05, 0) is 31.5 Å². The van der Waals surface area contributed by atoms with Crippen LogP contribution < -0.4 is 10.1 Å². The molecule has 4 heteroatoms. The fraction of sp³-hybridized carbons (Fsp3) is 0.500. The fourth-order valence-corrected chi connectivity index (χ4v) is 2.09. The van der Waals surface area contributed by atoms with Crippen LogP contribution in [0.25, 0.3) is 0 Å². The molecule has 1 aromatic rings. The summed E-state index contributed by atoms with van der Waals surface area (Å²) < 4.78 is 5.58. The first-order valence-corrected chi connectivity index (χ1v) is 6.43. The third-order valence-electron chi connectivity index (χ3n) is 3.17. The third-order valence-corrected chi connectivity index (χ3v) is 3.17. The Morgan fingerprint density at radius 2 is 2.22 bits per heavy atom. The number of likely N-dealkylation sites (N-methyl/N-ethyl adjacent to an activating group) is 1. The molecule has 1 saturated heterocycles. The van der Waals surface area contributed by atoms with Crippen LogP contribution in [-0.2, 0) is 4.79 Å². The van der Waals surface area contributed by atoms with E-state index in [0.29, 0.717) is 13.2 Å². The van der Waals surface area contributed by atoms with Gasteiger partial charge in [0.2, 0.25) is 5.91 Å². The lowest BCUT2D eigenvalue weighted by atomic mass is 10.2. The second kappa shape index (κ2) is 6.40. The van der Waals surface area contributed by atoms with Crippen LogP contribution >= 0.6 is 0 Å². The molecule has 1 fully saturated rings. The van der Waals surface area contributed by atoms with Gasteiger partial charge in [-0.3, -0.25) is 4.79 Å². The van der Waals surface area contributed by atoms with Crippen molar-refractivity contribution in [1.82, 2.24) is 10.2 Å². The lowest BCUT2D eigenvalue weighted by Crippen LogP contribution is -2.43. The highest BCUT2D eigenvalue weighted by Crippen LogP contribution is 2.09. The van der Waals surface area contributed by atoms with Gasteiger partial charge in [0.15, 0.2) is 0 Å². The average Bonchev–Trinajstić information content (AvgIpc) is 2.93. The largest absolute Gasteiger partial charge is 0.492 e. The fourth-order valence-electron chi connectivity index (χ4n) is 2.09. The molecule has 1 aromatic carbocycles. The predicted molar refractivity (Wildman–Crippen MR) is 70.6 cm³/mol. The van der Waals surface area contributed by atoms with E-state index in [0.717, 1.165) is 25.1 Å². The Bertz CT molecular complexity index is 375. The van der Waals surface area contributed by atoms with Crippen LogP contribution in [0.4, 0.5) is 0 Å². The van der Waals surface area contributed by atoms with Crippen LogP contribution in [0.2, 0.25) is 0 Å². The maximum absolute atomic E-state index is 12.0. The first kappa shape index (κ1) is 12.9. The summed E-state index contributed by atoms with van der Waals surface area (Å²) in [6, 6.07) is 9.67. The molecule has 1 heterocycles. The Balaban J connectivity index is 1.71. The van der Waals surface area contributed by atoms with Crippen molar-refractivity contribution in [3.05, 3.63) is 30.3 Å². The monoisotopic (exact) mass is 248 g/mol. The molecule has 4 nitrogen and oxygen atoms in total. The summed E-state index contributed by atoms with van der Waals surface area (Å²) in [4.78, 5) is 13.7. The van der Waals surface area contributed by atoms with E-state index in [4.69, 9.17) is 4.74 Å². The van der Waals surface area contributed by atoms with Gasteiger partial charge in [0.25, 0.3) is 0 Å². The van der Waals surface area contributed by atoms with Crippen LogP contribution in [0.15, 0.2) is 30.3 Å². The number of nitrogens with zero attached hydrogens (tertiary/aromatic N) is 1. The topological polar surface area (TPSA) is 41.6 Å². The first-order chi connectivity index (χ1) is 8.77. The normalized spacial score (nSPS) is 18.6. The number of carbonyl (C=O) groups excluding carboxylic acids is 1. The van der Waals surface area contributed by atoms with Crippen LogP contribution in [0.1, 0.15) is 12.8 Å². The lowest BCUT2D eigenvalue weighted by molar-refractivity contribution is -0.132. The smallest absolute Gasteiger partial charge is 0.239 e. The molecular weight excluding hydrogens is 228 g/mol. The number of hydrogen-bond donors (Lipinski definition) is 1. The zero-order valence-electron chi connectivity index (χ0n) is 10.8. The molecule has 2 rings (SSSR count). The van der Waals surface area contributed by atoms with E-state index in [1.165, 1.54) is 0 Å². The van der Waals surface area contributed by atoms with Crippen molar-refractivity contribution in [2.45, 2.75) is 18.9 Å². The number of rotatable bonds is 5. The van der Waals surface area contributed by atoms with Crippen molar-refractivity contribution in [2.24, 2.45) is 0 Å². The zero-order valence-corrected chi connectivity index (χ0v) is 10.8. The lowest BCUT2D eigenvalue weighted by Gasteiger charge is -2.21. The summed E-state index contributed by atoms with van der Waals surface area (Å²) in [6.07, 6.45) is 2.04. The Kier molecular flexibility index (Phi) is 4.59. The van der Waals surface area contributed by atoms with E-state index >= 15 is 0 Å². The molecule has 1 aliphatic rings. The second-order valence-electron chi connectivity index (χ2n) is 4.57. The number of ether oxygens (including phenoxy) is 1.